The smallest absolute Gasteiger partial charge is 0.270 e. The van der Waals surface area contributed by atoms with Crippen LogP contribution in [0, 0.1) is 0 Å². The van der Waals surface area contributed by atoms with Crippen LogP contribution in [-0.4, -0.2) is 35.2 Å². The molecule has 0 aliphatic rings. The maximum atomic E-state index is 12.6. The van der Waals surface area contributed by atoms with E-state index in [1.807, 2.05) is 30.3 Å². The van der Waals surface area contributed by atoms with Gasteiger partial charge in [-0.05, 0) is 29.8 Å². The molecule has 0 aliphatic carbocycles. The first-order valence-electron chi connectivity index (χ1n) is 9.14. The van der Waals surface area contributed by atoms with Crippen molar-refractivity contribution < 1.29 is 0 Å². The Bertz CT molecular complexity index is 1170. The van der Waals surface area contributed by atoms with Crippen LogP contribution < -0.4 is 5.56 Å². The highest BCUT2D eigenvalue weighted by molar-refractivity contribution is 7.99. The van der Waals surface area contributed by atoms with E-state index in [1.54, 1.807) is 34.8 Å². The van der Waals surface area contributed by atoms with Crippen molar-refractivity contribution in [2.75, 3.05) is 5.75 Å². The van der Waals surface area contributed by atoms with Crippen molar-refractivity contribution in [3.05, 3.63) is 70.9 Å². The fourth-order valence-electron chi connectivity index (χ4n) is 2.67. The van der Waals surface area contributed by atoms with Gasteiger partial charge in [-0.15, -0.1) is 0 Å². The van der Waals surface area contributed by atoms with E-state index in [1.165, 1.54) is 18.0 Å². The summed E-state index contributed by atoms with van der Waals surface area (Å²) in [6.45, 7) is 2.52. The average molecular weight is 423 g/mol. The van der Waals surface area contributed by atoms with Crippen molar-refractivity contribution >= 4 is 34.7 Å². The maximum Gasteiger partial charge on any atom is 0.270 e. The molecule has 0 spiro atoms. The Morgan fingerprint density at radius 3 is 2.52 bits per heavy atom. The lowest BCUT2D eigenvalue weighted by Gasteiger charge is -2.12. The van der Waals surface area contributed by atoms with Gasteiger partial charge in [0.25, 0.3) is 5.56 Å². The van der Waals surface area contributed by atoms with Crippen molar-refractivity contribution in [3.8, 4) is 0 Å². The van der Waals surface area contributed by atoms with E-state index in [0.29, 0.717) is 33.0 Å². The number of benzene rings is 1. The van der Waals surface area contributed by atoms with Crippen LogP contribution in [0.4, 0.5) is 0 Å². The molecule has 146 valence electrons. The van der Waals surface area contributed by atoms with Gasteiger partial charge in [0, 0.05) is 18.1 Å². The Kier molecular flexibility index (Phi) is 6.16. The highest BCUT2D eigenvalue weighted by Crippen LogP contribution is 2.30. The summed E-state index contributed by atoms with van der Waals surface area (Å²) in [7, 11) is 0. The average Bonchev–Trinajstić information content (AvgIpc) is 2.76. The fraction of sp³-hybridized carbons (Fsp3) is 0.200. The minimum atomic E-state index is -0.196. The third-order valence-corrected chi connectivity index (χ3v) is 5.91. The summed E-state index contributed by atoms with van der Waals surface area (Å²) in [4.78, 5) is 34.9. The molecule has 3 aromatic heterocycles. The van der Waals surface area contributed by atoms with Crippen LogP contribution in [0.25, 0.3) is 11.2 Å². The molecule has 4 rings (SSSR count). The number of nitrogens with zero attached hydrogens (tertiary/aromatic N) is 6. The molecular weight excluding hydrogens is 404 g/mol. The number of hydrogen-bond acceptors (Lipinski definition) is 8. The van der Waals surface area contributed by atoms with E-state index >= 15 is 0 Å². The quantitative estimate of drug-likeness (QED) is 0.253. The van der Waals surface area contributed by atoms with Gasteiger partial charge in [-0.2, -0.15) is 0 Å². The molecule has 0 amide bonds. The first-order valence-corrected chi connectivity index (χ1v) is 10.9. The van der Waals surface area contributed by atoms with E-state index in [-0.39, 0.29) is 5.56 Å². The second-order valence-electron chi connectivity index (χ2n) is 6.13. The summed E-state index contributed by atoms with van der Waals surface area (Å²) in [5.41, 5.74) is 1.91. The van der Waals surface area contributed by atoms with E-state index in [2.05, 4.69) is 31.8 Å². The van der Waals surface area contributed by atoms with Gasteiger partial charge in [0.05, 0.1) is 12.7 Å². The van der Waals surface area contributed by atoms with Crippen molar-refractivity contribution in [2.45, 2.75) is 35.2 Å². The maximum absolute atomic E-state index is 12.6. The van der Waals surface area contributed by atoms with E-state index < -0.39 is 0 Å². The van der Waals surface area contributed by atoms with Crippen LogP contribution in [0.1, 0.15) is 18.9 Å². The van der Waals surface area contributed by atoms with Gasteiger partial charge in [-0.1, -0.05) is 49.0 Å². The number of hydrogen-bond donors (Lipinski definition) is 0. The van der Waals surface area contributed by atoms with Gasteiger partial charge in [-0.25, -0.2) is 24.9 Å². The standard InChI is InChI=1S/C20H18N6OS2/c1-2-11-28-20-24-17-16(18(25-20)29-19-21-9-6-10-22-19)23-12-15(27)26(17)13-14-7-4-3-5-8-14/h3-10,12H,2,11,13H2,1H3. The van der Waals surface area contributed by atoms with E-state index in [4.69, 9.17) is 0 Å². The van der Waals surface area contributed by atoms with Crippen LogP contribution >= 0.6 is 23.5 Å². The molecule has 9 heteroatoms. The SMILES string of the molecule is CCCSc1nc(Sc2ncccn2)c2ncc(=O)n(Cc3ccccc3)c2n1. The monoisotopic (exact) mass is 422 g/mol. The number of fused-ring (bicyclic) bond motifs is 1. The van der Waals surface area contributed by atoms with Crippen LogP contribution in [0.15, 0.2) is 75.1 Å². The minimum Gasteiger partial charge on any atom is -0.285 e. The molecule has 29 heavy (non-hydrogen) atoms. The highest BCUT2D eigenvalue weighted by Gasteiger charge is 2.16. The molecule has 1 aromatic carbocycles. The molecular formula is C20H18N6OS2. The van der Waals surface area contributed by atoms with Crippen molar-refractivity contribution in [2.24, 2.45) is 0 Å². The zero-order valence-corrected chi connectivity index (χ0v) is 17.4. The molecule has 0 saturated heterocycles. The molecule has 3 heterocycles. The van der Waals surface area contributed by atoms with E-state index in [9.17, 15) is 4.79 Å². The Balaban J connectivity index is 1.85. The molecule has 0 fully saturated rings. The Morgan fingerprint density at radius 1 is 0.966 bits per heavy atom. The van der Waals surface area contributed by atoms with Gasteiger partial charge >= 0.3 is 0 Å². The lowest BCUT2D eigenvalue weighted by Crippen LogP contribution is -2.22. The second kappa shape index (κ2) is 9.15. The summed E-state index contributed by atoms with van der Waals surface area (Å²) >= 11 is 2.88. The Hall–Kier alpha value is -2.78. The molecule has 0 bridgehead atoms. The largest absolute Gasteiger partial charge is 0.285 e. The molecule has 0 atom stereocenters. The third-order valence-electron chi connectivity index (χ3n) is 3.99. The van der Waals surface area contributed by atoms with Crippen LogP contribution in [-0.2, 0) is 6.54 Å². The second-order valence-corrected chi connectivity index (χ2v) is 8.15. The Labute approximate surface area is 176 Å². The summed E-state index contributed by atoms with van der Waals surface area (Å²) in [6, 6.07) is 11.6. The van der Waals surface area contributed by atoms with Gasteiger partial charge < -0.3 is 0 Å². The summed E-state index contributed by atoms with van der Waals surface area (Å²) in [6.07, 6.45) is 5.69. The van der Waals surface area contributed by atoms with Gasteiger partial charge in [-0.3, -0.25) is 9.36 Å². The van der Waals surface area contributed by atoms with Crippen molar-refractivity contribution in [3.63, 3.8) is 0 Å². The number of aromatic nitrogens is 6. The van der Waals surface area contributed by atoms with Crippen LogP contribution in [0.3, 0.4) is 0 Å². The molecule has 0 unspecified atom stereocenters. The molecule has 7 nitrogen and oxygen atoms in total. The summed E-state index contributed by atoms with van der Waals surface area (Å²) in [5.74, 6) is 0.890. The van der Waals surface area contributed by atoms with Gasteiger partial charge in [0.2, 0.25) is 0 Å². The number of thioether (sulfide) groups is 1. The zero-order chi connectivity index (χ0) is 20.1. The lowest BCUT2D eigenvalue weighted by molar-refractivity contribution is 0.754. The van der Waals surface area contributed by atoms with Crippen LogP contribution in [0.2, 0.25) is 0 Å². The molecule has 4 aromatic rings. The van der Waals surface area contributed by atoms with Crippen molar-refractivity contribution in [1.82, 2.24) is 29.5 Å². The highest BCUT2D eigenvalue weighted by atomic mass is 32.2. The topological polar surface area (TPSA) is 86.5 Å². The molecule has 0 aliphatic heterocycles. The summed E-state index contributed by atoms with van der Waals surface area (Å²) in [5, 5.41) is 1.83. The Morgan fingerprint density at radius 2 is 1.76 bits per heavy atom. The third kappa shape index (κ3) is 4.63. The predicted molar refractivity (Wildman–Crippen MR) is 114 cm³/mol. The molecule has 0 saturated carbocycles. The normalized spacial score (nSPS) is 11.1. The fourth-order valence-corrected chi connectivity index (χ4v) is 4.20. The first-order chi connectivity index (χ1) is 14.2. The molecule has 0 radical (unpaired) electrons. The van der Waals surface area contributed by atoms with Gasteiger partial charge in [0.1, 0.15) is 10.5 Å². The zero-order valence-electron chi connectivity index (χ0n) is 15.7. The number of rotatable bonds is 7. The lowest BCUT2D eigenvalue weighted by atomic mass is 10.2. The molecule has 0 N–H and O–H groups in total. The van der Waals surface area contributed by atoms with E-state index in [0.717, 1.165) is 17.7 Å². The van der Waals surface area contributed by atoms with Crippen molar-refractivity contribution in [1.29, 1.82) is 0 Å². The minimum absolute atomic E-state index is 0.196. The summed E-state index contributed by atoms with van der Waals surface area (Å²) < 4.78 is 1.64. The first kappa shape index (κ1) is 19.5. The van der Waals surface area contributed by atoms with Crippen LogP contribution in [0.5, 0.6) is 0 Å². The van der Waals surface area contributed by atoms with Gasteiger partial charge in [0.15, 0.2) is 16.0 Å². The predicted octanol–water partition coefficient (Wildman–Crippen LogP) is 3.68.